The first-order valence-electron chi connectivity index (χ1n) is 1.69. The molecule has 34 valence electrons. The van der Waals surface area contributed by atoms with Crippen molar-refractivity contribution in [1.82, 2.24) is 0 Å². The summed E-state index contributed by atoms with van der Waals surface area (Å²) in [6, 6.07) is 0. The Morgan fingerprint density at radius 2 is 2.17 bits per heavy atom. The maximum atomic E-state index is 4.81. The molecule has 0 aliphatic heterocycles. The van der Waals surface area contributed by atoms with Gasteiger partial charge in [-0.25, -0.2) is 0 Å². The third-order valence-corrected chi connectivity index (χ3v) is 1.47. The minimum absolute atomic E-state index is 0.00704. The van der Waals surface area contributed by atoms with Gasteiger partial charge in [0.2, 0.25) is 0 Å². The van der Waals surface area contributed by atoms with Crippen LogP contribution in [0.25, 0.3) is 0 Å². The topological polar surface area (TPSA) is 18.5 Å². The molecule has 0 fully saturated rings. The SMILES string of the molecule is COC(C)[O][Y]. The van der Waals surface area contributed by atoms with Crippen molar-refractivity contribution in [3.05, 3.63) is 0 Å². The van der Waals surface area contributed by atoms with Crippen molar-refractivity contribution in [2.24, 2.45) is 0 Å². The van der Waals surface area contributed by atoms with Gasteiger partial charge in [-0.2, -0.15) is 0 Å². The van der Waals surface area contributed by atoms with Crippen molar-refractivity contribution in [2.45, 2.75) is 13.2 Å². The average molecular weight is 164 g/mol. The normalized spacial score (nSPS) is 14.2. The van der Waals surface area contributed by atoms with Crippen LogP contribution in [0.1, 0.15) is 6.92 Å². The molecule has 0 rings (SSSR count). The van der Waals surface area contributed by atoms with E-state index in [1.54, 1.807) is 7.11 Å². The Labute approximate surface area is 58.5 Å². The van der Waals surface area contributed by atoms with Gasteiger partial charge in [0.25, 0.3) is 0 Å². The van der Waals surface area contributed by atoms with E-state index < -0.39 is 0 Å². The van der Waals surface area contributed by atoms with Crippen LogP contribution in [0.3, 0.4) is 0 Å². The van der Waals surface area contributed by atoms with Crippen molar-refractivity contribution in [1.29, 1.82) is 0 Å². The van der Waals surface area contributed by atoms with Gasteiger partial charge in [-0.3, -0.25) is 0 Å². The van der Waals surface area contributed by atoms with Gasteiger partial charge in [-0.1, -0.05) is 0 Å². The van der Waals surface area contributed by atoms with E-state index in [1.807, 2.05) is 6.92 Å². The number of rotatable bonds is 2. The molecule has 3 heteroatoms. The Hall–Kier alpha value is 1.02. The van der Waals surface area contributed by atoms with Gasteiger partial charge in [0.15, 0.2) is 0 Å². The molecule has 0 heterocycles. The summed E-state index contributed by atoms with van der Waals surface area (Å²) in [6.45, 7) is 1.87. The zero-order chi connectivity index (χ0) is 4.99. The molecule has 6 heavy (non-hydrogen) atoms. The fourth-order valence-corrected chi connectivity index (χ4v) is 0.329. The Morgan fingerprint density at radius 3 is 2.17 bits per heavy atom. The van der Waals surface area contributed by atoms with Crippen LogP contribution in [-0.2, 0) is 38.3 Å². The van der Waals surface area contributed by atoms with E-state index in [4.69, 9.17) is 6.79 Å². The molecule has 0 radical (unpaired) electrons. The molecular formula is C3H7O2Y. The van der Waals surface area contributed by atoms with E-state index in [-0.39, 0.29) is 6.29 Å². The Bertz CT molecular complexity index is 28.0. The van der Waals surface area contributed by atoms with Gasteiger partial charge in [-0.15, -0.1) is 0 Å². The summed E-state index contributed by atoms with van der Waals surface area (Å²) in [4.78, 5) is 0. The van der Waals surface area contributed by atoms with Crippen LogP contribution < -0.4 is 0 Å². The van der Waals surface area contributed by atoms with Crippen molar-refractivity contribution < 1.29 is 38.3 Å². The van der Waals surface area contributed by atoms with Crippen LogP contribution >= 0.6 is 0 Å². The minimum atomic E-state index is -0.00704. The zero-order valence-corrected chi connectivity index (χ0v) is 6.81. The summed E-state index contributed by atoms with van der Waals surface area (Å²) in [5.41, 5.74) is 0. The number of ether oxygens (including phenoxy) is 1. The van der Waals surface area contributed by atoms with Crippen LogP contribution in [-0.4, -0.2) is 13.4 Å². The van der Waals surface area contributed by atoms with Crippen LogP contribution in [0.4, 0.5) is 0 Å². The van der Waals surface area contributed by atoms with Crippen LogP contribution in [0.15, 0.2) is 0 Å². The van der Waals surface area contributed by atoms with Gasteiger partial charge in [0.1, 0.15) is 0 Å². The summed E-state index contributed by atoms with van der Waals surface area (Å²) in [5, 5.41) is 0. The van der Waals surface area contributed by atoms with Gasteiger partial charge < -0.3 is 0 Å². The first-order valence-corrected chi connectivity index (χ1v) is 2.85. The molecule has 0 spiro atoms. The fourth-order valence-electron chi connectivity index (χ4n) is 0.0556. The van der Waals surface area contributed by atoms with Crippen LogP contribution in [0, 0.1) is 0 Å². The quantitative estimate of drug-likeness (QED) is 0.552. The third kappa shape index (κ3) is 3.22. The third-order valence-electron chi connectivity index (χ3n) is 0.524. The molecule has 1 atom stereocenters. The second-order valence-corrected chi connectivity index (χ2v) is 1.61. The fraction of sp³-hybridized carbons (Fsp3) is 1.00. The first-order chi connectivity index (χ1) is 2.81. The molecule has 0 aromatic heterocycles. The van der Waals surface area contributed by atoms with Crippen molar-refractivity contribution in [3.8, 4) is 0 Å². The number of methoxy groups -OCH3 is 1. The molecule has 0 aromatic carbocycles. The summed E-state index contributed by atoms with van der Waals surface area (Å²) in [6.07, 6.45) is -0.00704. The molecule has 0 aliphatic carbocycles. The van der Waals surface area contributed by atoms with Crippen LogP contribution in [0.5, 0.6) is 0 Å². The second-order valence-electron chi connectivity index (χ2n) is 0.939. The predicted octanol–water partition coefficient (Wildman–Crippen LogP) is 0.457. The monoisotopic (exact) mass is 164 g/mol. The van der Waals surface area contributed by atoms with E-state index in [9.17, 15) is 0 Å². The molecular weight excluding hydrogens is 157 g/mol. The van der Waals surface area contributed by atoms with E-state index >= 15 is 0 Å². The molecule has 1 unspecified atom stereocenters. The molecule has 0 amide bonds. The second kappa shape index (κ2) is 4.19. The molecule has 0 aromatic rings. The molecule has 0 aliphatic rings. The summed E-state index contributed by atoms with van der Waals surface area (Å²) < 4.78 is 9.52. The van der Waals surface area contributed by atoms with Crippen molar-refractivity contribution >= 4 is 0 Å². The van der Waals surface area contributed by atoms with E-state index in [2.05, 4.69) is 0 Å². The zero-order valence-electron chi connectivity index (χ0n) is 3.97. The Kier molecular flexibility index (Phi) is 4.90. The Balaban J connectivity index is 2.75. The molecule has 0 bridgehead atoms. The van der Waals surface area contributed by atoms with Gasteiger partial charge in [-0.05, 0) is 0 Å². The molecule has 2 nitrogen and oxygen atoms in total. The first kappa shape index (κ1) is 7.02. The van der Waals surface area contributed by atoms with Crippen LogP contribution in [0.2, 0.25) is 0 Å². The summed E-state index contributed by atoms with van der Waals surface area (Å²) in [5.74, 6) is 0. The van der Waals surface area contributed by atoms with Gasteiger partial charge >= 0.3 is 58.6 Å². The van der Waals surface area contributed by atoms with E-state index in [0.717, 1.165) is 31.5 Å². The van der Waals surface area contributed by atoms with Gasteiger partial charge in [0.05, 0.1) is 0 Å². The number of hydrogen-bond donors (Lipinski definition) is 0. The molecule has 0 saturated carbocycles. The molecule has 0 saturated heterocycles. The van der Waals surface area contributed by atoms with Crippen molar-refractivity contribution in [3.63, 3.8) is 0 Å². The van der Waals surface area contributed by atoms with E-state index in [1.165, 1.54) is 0 Å². The van der Waals surface area contributed by atoms with Gasteiger partial charge in [0, 0.05) is 0 Å². The summed E-state index contributed by atoms with van der Waals surface area (Å²) >= 11 is 0.812. The van der Waals surface area contributed by atoms with E-state index in [0.29, 0.717) is 0 Å². The maximum absolute atomic E-state index is 4.81. The molecule has 0 N–H and O–H groups in total. The number of hydrogen-bond acceptors (Lipinski definition) is 2. The predicted molar refractivity (Wildman–Crippen MR) is 17.6 cm³/mol. The summed E-state index contributed by atoms with van der Waals surface area (Å²) in [7, 11) is 1.63. The van der Waals surface area contributed by atoms with Crippen molar-refractivity contribution in [2.75, 3.05) is 7.11 Å². The Morgan fingerprint density at radius 1 is 1.67 bits per heavy atom. The standard InChI is InChI=1S/C3H7O2.Y/c1-3(4)5-2;/h3H,1-2H3;/q-1;+1. The average Bonchev–Trinajstić information content (AvgIpc) is 1.65.